The first kappa shape index (κ1) is 12.9. The average Bonchev–Trinajstić information content (AvgIpc) is 2.79. The first-order chi connectivity index (χ1) is 8.21. The molecule has 0 spiro atoms. The van der Waals surface area contributed by atoms with Crippen molar-refractivity contribution >= 4 is 5.91 Å². The SMILES string of the molecule is CC1(C(=O)NCCC2CCCCN2)CCCC1. The maximum atomic E-state index is 12.1. The molecule has 0 aromatic rings. The zero-order valence-electron chi connectivity index (χ0n) is 11.1. The van der Waals surface area contributed by atoms with Crippen LogP contribution in [0.25, 0.3) is 0 Å². The smallest absolute Gasteiger partial charge is 0.225 e. The summed E-state index contributed by atoms with van der Waals surface area (Å²) in [5.74, 6) is 0.283. The van der Waals surface area contributed by atoms with Crippen LogP contribution in [0, 0.1) is 5.41 Å². The summed E-state index contributed by atoms with van der Waals surface area (Å²) < 4.78 is 0. The standard InChI is InChI=1S/C14H26N2O/c1-14(8-3-4-9-14)13(17)16-11-7-12-6-2-5-10-15-12/h12,15H,2-11H2,1H3,(H,16,17). The number of amides is 1. The van der Waals surface area contributed by atoms with Crippen LogP contribution in [0.4, 0.5) is 0 Å². The highest BCUT2D eigenvalue weighted by molar-refractivity contribution is 5.82. The van der Waals surface area contributed by atoms with Crippen LogP contribution < -0.4 is 10.6 Å². The first-order valence-corrected chi connectivity index (χ1v) is 7.22. The molecule has 2 N–H and O–H groups in total. The minimum Gasteiger partial charge on any atom is -0.356 e. The fraction of sp³-hybridized carbons (Fsp3) is 0.929. The van der Waals surface area contributed by atoms with Gasteiger partial charge in [0.1, 0.15) is 0 Å². The van der Waals surface area contributed by atoms with Crippen molar-refractivity contribution in [1.29, 1.82) is 0 Å². The van der Waals surface area contributed by atoms with Gasteiger partial charge in [0, 0.05) is 18.0 Å². The summed E-state index contributed by atoms with van der Waals surface area (Å²) >= 11 is 0. The molecule has 0 aromatic carbocycles. The molecule has 17 heavy (non-hydrogen) atoms. The van der Waals surface area contributed by atoms with E-state index >= 15 is 0 Å². The summed E-state index contributed by atoms with van der Waals surface area (Å²) in [6.07, 6.45) is 9.57. The van der Waals surface area contributed by atoms with Crippen molar-refractivity contribution in [2.24, 2.45) is 5.41 Å². The summed E-state index contributed by atoms with van der Waals surface area (Å²) in [6.45, 7) is 4.11. The lowest BCUT2D eigenvalue weighted by molar-refractivity contribution is -0.129. The van der Waals surface area contributed by atoms with E-state index in [2.05, 4.69) is 17.6 Å². The van der Waals surface area contributed by atoms with Crippen molar-refractivity contribution in [1.82, 2.24) is 10.6 Å². The molecule has 1 unspecified atom stereocenters. The molecular weight excluding hydrogens is 212 g/mol. The van der Waals surface area contributed by atoms with E-state index in [1.165, 1.54) is 32.1 Å². The first-order valence-electron chi connectivity index (χ1n) is 7.22. The van der Waals surface area contributed by atoms with E-state index in [0.717, 1.165) is 32.4 Å². The highest BCUT2D eigenvalue weighted by Gasteiger charge is 2.35. The third kappa shape index (κ3) is 3.44. The number of nitrogens with one attached hydrogen (secondary N) is 2. The number of carbonyl (C=O) groups is 1. The molecule has 1 heterocycles. The Morgan fingerprint density at radius 1 is 1.29 bits per heavy atom. The minimum absolute atomic E-state index is 0.0695. The molecule has 1 aliphatic heterocycles. The van der Waals surface area contributed by atoms with E-state index in [-0.39, 0.29) is 11.3 Å². The molecule has 2 aliphatic rings. The summed E-state index contributed by atoms with van der Waals surface area (Å²) in [4.78, 5) is 12.1. The van der Waals surface area contributed by atoms with Gasteiger partial charge >= 0.3 is 0 Å². The second kappa shape index (κ2) is 5.85. The van der Waals surface area contributed by atoms with Gasteiger partial charge in [0.2, 0.25) is 5.91 Å². The topological polar surface area (TPSA) is 41.1 Å². The number of rotatable bonds is 4. The predicted octanol–water partition coefficient (Wildman–Crippen LogP) is 2.22. The number of hydrogen-bond acceptors (Lipinski definition) is 2. The summed E-state index contributed by atoms with van der Waals surface area (Å²) in [5.41, 5.74) is -0.0695. The van der Waals surface area contributed by atoms with Crippen molar-refractivity contribution < 1.29 is 4.79 Å². The molecule has 3 nitrogen and oxygen atoms in total. The maximum Gasteiger partial charge on any atom is 0.225 e. The van der Waals surface area contributed by atoms with Gasteiger partial charge in [0.05, 0.1) is 0 Å². The molecule has 0 aromatic heterocycles. The highest BCUT2D eigenvalue weighted by Crippen LogP contribution is 2.37. The molecular formula is C14H26N2O. The van der Waals surface area contributed by atoms with Gasteiger partial charge in [0.25, 0.3) is 0 Å². The summed E-state index contributed by atoms with van der Waals surface area (Å²) in [6, 6.07) is 0.625. The van der Waals surface area contributed by atoms with E-state index in [9.17, 15) is 4.79 Å². The van der Waals surface area contributed by atoms with E-state index in [0.29, 0.717) is 6.04 Å². The van der Waals surface area contributed by atoms with E-state index in [1.807, 2.05) is 0 Å². The third-order valence-corrected chi connectivity index (χ3v) is 4.45. The molecule has 98 valence electrons. The van der Waals surface area contributed by atoms with Gasteiger partial charge in [-0.15, -0.1) is 0 Å². The molecule has 1 atom stereocenters. The van der Waals surface area contributed by atoms with Crippen LogP contribution in [0.15, 0.2) is 0 Å². The van der Waals surface area contributed by atoms with Gasteiger partial charge in [-0.05, 0) is 38.6 Å². The number of piperidine rings is 1. The molecule has 3 heteroatoms. The normalized spacial score (nSPS) is 27.9. The molecule has 1 saturated heterocycles. The molecule has 0 bridgehead atoms. The second-order valence-electron chi connectivity index (χ2n) is 5.96. The van der Waals surface area contributed by atoms with Gasteiger partial charge in [0.15, 0.2) is 0 Å². The van der Waals surface area contributed by atoms with Crippen LogP contribution in [0.3, 0.4) is 0 Å². The molecule has 1 aliphatic carbocycles. The lowest BCUT2D eigenvalue weighted by Gasteiger charge is -2.25. The Bertz CT molecular complexity index is 253. The molecule has 1 saturated carbocycles. The van der Waals surface area contributed by atoms with Crippen LogP contribution in [0.5, 0.6) is 0 Å². The highest BCUT2D eigenvalue weighted by atomic mass is 16.2. The molecule has 2 rings (SSSR count). The Morgan fingerprint density at radius 3 is 2.71 bits per heavy atom. The summed E-state index contributed by atoms with van der Waals surface area (Å²) in [5, 5.41) is 6.65. The second-order valence-corrected chi connectivity index (χ2v) is 5.96. The third-order valence-electron chi connectivity index (χ3n) is 4.45. The Hall–Kier alpha value is -0.570. The maximum absolute atomic E-state index is 12.1. The van der Waals surface area contributed by atoms with Crippen LogP contribution in [0.2, 0.25) is 0 Å². The van der Waals surface area contributed by atoms with Gasteiger partial charge in [-0.1, -0.05) is 26.2 Å². The Balaban J connectivity index is 1.65. The fourth-order valence-corrected chi connectivity index (χ4v) is 3.13. The lowest BCUT2D eigenvalue weighted by atomic mass is 9.88. The molecule has 1 amide bonds. The van der Waals surface area contributed by atoms with Crippen molar-refractivity contribution in [3.63, 3.8) is 0 Å². The van der Waals surface area contributed by atoms with Crippen molar-refractivity contribution in [3.05, 3.63) is 0 Å². The molecule has 0 radical (unpaired) electrons. The van der Waals surface area contributed by atoms with Crippen LogP contribution in [-0.2, 0) is 4.79 Å². The summed E-state index contributed by atoms with van der Waals surface area (Å²) in [7, 11) is 0. The van der Waals surface area contributed by atoms with E-state index in [4.69, 9.17) is 0 Å². The number of carbonyl (C=O) groups excluding carboxylic acids is 1. The fourth-order valence-electron chi connectivity index (χ4n) is 3.13. The largest absolute Gasteiger partial charge is 0.356 e. The Kier molecular flexibility index (Phi) is 4.43. The van der Waals surface area contributed by atoms with Crippen molar-refractivity contribution in [2.75, 3.05) is 13.1 Å². The van der Waals surface area contributed by atoms with E-state index in [1.54, 1.807) is 0 Å². The van der Waals surface area contributed by atoms with Crippen LogP contribution in [0.1, 0.15) is 58.3 Å². The molecule has 2 fully saturated rings. The van der Waals surface area contributed by atoms with Gasteiger partial charge in [-0.2, -0.15) is 0 Å². The Morgan fingerprint density at radius 2 is 2.06 bits per heavy atom. The monoisotopic (exact) mass is 238 g/mol. The predicted molar refractivity (Wildman–Crippen MR) is 69.8 cm³/mol. The Labute approximate surface area is 105 Å². The minimum atomic E-state index is -0.0695. The van der Waals surface area contributed by atoms with Gasteiger partial charge < -0.3 is 10.6 Å². The van der Waals surface area contributed by atoms with Crippen molar-refractivity contribution in [2.45, 2.75) is 64.3 Å². The van der Waals surface area contributed by atoms with Crippen molar-refractivity contribution in [3.8, 4) is 0 Å². The van der Waals surface area contributed by atoms with Gasteiger partial charge in [-0.25, -0.2) is 0 Å². The van der Waals surface area contributed by atoms with Crippen LogP contribution >= 0.6 is 0 Å². The lowest BCUT2D eigenvalue weighted by Crippen LogP contribution is -2.41. The van der Waals surface area contributed by atoms with Crippen LogP contribution in [-0.4, -0.2) is 25.0 Å². The average molecular weight is 238 g/mol. The van der Waals surface area contributed by atoms with E-state index < -0.39 is 0 Å². The zero-order chi connectivity index (χ0) is 12.1. The quantitative estimate of drug-likeness (QED) is 0.788. The zero-order valence-corrected chi connectivity index (χ0v) is 11.1. The van der Waals surface area contributed by atoms with Gasteiger partial charge in [-0.3, -0.25) is 4.79 Å². The number of hydrogen-bond donors (Lipinski definition) is 2.